The van der Waals surface area contributed by atoms with E-state index in [0.717, 1.165) is 5.56 Å². The van der Waals surface area contributed by atoms with Crippen LogP contribution >= 0.6 is 12.2 Å². The standard InChI is InChI=1S/C6H8N2S.C2H6/c1-4-2-3-5(9)8-6(4)7;1-2/h2-3H,1H3,(H3,7,8,9);1-2H3. The number of aryl methyl sites for hydroxylation is 1. The van der Waals surface area contributed by atoms with Gasteiger partial charge >= 0.3 is 0 Å². The molecule has 3 heteroatoms. The molecule has 1 heterocycles. The zero-order valence-corrected chi connectivity index (χ0v) is 7.96. The summed E-state index contributed by atoms with van der Waals surface area (Å²) < 4.78 is 0.679. The second kappa shape index (κ2) is 4.91. The van der Waals surface area contributed by atoms with E-state index in [9.17, 15) is 0 Å². The van der Waals surface area contributed by atoms with Gasteiger partial charge in [0.25, 0.3) is 0 Å². The van der Waals surface area contributed by atoms with E-state index in [-0.39, 0.29) is 0 Å². The molecule has 0 saturated carbocycles. The Kier molecular flexibility index (Phi) is 4.54. The van der Waals surface area contributed by atoms with Crippen molar-refractivity contribution in [1.82, 2.24) is 4.98 Å². The monoisotopic (exact) mass is 170 g/mol. The van der Waals surface area contributed by atoms with E-state index in [1.54, 1.807) is 0 Å². The molecule has 0 spiro atoms. The molecule has 2 nitrogen and oxygen atoms in total. The number of rotatable bonds is 0. The molecule has 0 atom stereocenters. The number of nitrogens with two attached hydrogens (primary N) is 1. The van der Waals surface area contributed by atoms with Gasteiger partial charge in [-0.25, -0.2) is 0 Å². The highest BCUT2D eigenvalue weighted by Crippen LogP contribution is 2.03. The minimum Gasteiger partial charge on any atom is -0.385 e. The Hall–Kier alpha value is -0.830. The van der Waals surface area contributed by atoms with Gasteiger partial charge in [-0.15, -0.1) is 0 Å². The van der Waals surface area contributed by atoms with Crippen LogP contribution in [0.25, 0.3) is 0 Å². The van der Waals surface area contributed by atoms with Crippen LogP contribution in [0.15, 0.2) is 12.1 Å². The van der Waals surface area contributed by atoms with Gasteiger partial charge in [0, 0.05) is 0 Å². The van der Waals surface area contributed by atoms with Crippen LogP contribution in [-0.4, -0.2) is 4.98 Å². The third kappa shape index (κ3) is 3.18. The average molecular weight is 170 g/mol. The molecule has 0 radical (unpaired) electrons. The lowest BCUT2D eigenvalue weighted by Crippen LogP contribution is -1.92. The Bertz CT molecular complexity index is 265. The molecule has 1 aromatic heterocycles. The van der Waals surface area contributed by atoms with Crippen molar-refractivity contribution in [2.24, 2.45) is 0 Å². The zero-order valence-electron chi connectivity index (χ0n) is 7.14. The number of hydrogen-bond donors (Lipinski definition) is 2. The van der Waals surface area contributed by atoms with Gasteiger partial charge in [0.05, 0.1) is 0 Å². The van der Waals surface area contributed by atoms with Crippen molar-refractivity contribution >= 4 is 18.0 Å². The first-order valence-corrected chi connectivity index (χ1v) is 4.06. The maximum Gasteiger partial charge on any atom is 0.104 e. The molecule has 3 N–H and O–H groups in total. The fraction of sp³-hybridized carbons (Fsp3) is 0.375. The molecule has 0 unspecified atom stereocenters. The van der Waals surface area contributed by atoms with Crippen molar-refractivity contribution in [2.45, 2.75) is 20.8 Å². The predicted molar refractivity (Wildman–Crippen MR) is 52.1 cm³/mol. The molecule has 0 aliphatic carbocycles. The number of nitrogens with one attached hydrogen (secondary N) is 1. The van der Waals surface area contributed by atoms with Crippen LogP contribution in [0.1, 0.15) is 19.4 Å². The van der Waals surface area contributed by atoms with Gasteiger partial charge in [0.15, 0.2) is 0 Å². The van der Waals surface area contributed by atoms with Crippen LogP contribution in [0.5, 0.6) is 0 Å². The number of aromatic amines is 1. The van der Waals surface area contributed by atoms with E-state index >= 15 is 0 Å². The lowest BCUT2D eigenvalue weighted by atomic mass is 10.3. The van der Waals surface area contributed by atoms with Crippen LogP contribution < -0.4 is 5.73 Å². The summed E-state index contributed by atoms with van der Waals surface area (Å²) in [7, 11) is 0. The second-order valence-corrected chi connectivity index (χ2v) is 2.36. The second-order valence-electron chi connectivity index (χ2n) is 1.92. The van der Waals surface area contributed by atoms with E-state index in [1.807, 2.05) is 32.9 Å². The summed E-state index contributed by atoms with van der Waals surface area (Å²) in [5.74, 6) is 0.655. The maximum atomic E-state index is 5.50. The summed E-state index contributed by atoms with van der Waals surface area (Å²) in [5.41, 5.74) is 6.53. The van der Waals surface area contributed by atoms with E-state index in [0.29, 0.717) is 10.5 Å². The maximum absolute atomic E-state index is 5.50. The number of aromatic nitrogens is 1. The van der Waals surface area contributed by atoms with E-state index in [1.165, 1.54) is 0 Å². The Balaban J connectivity index is 0.000000461. The number of hydrogen-bond acceptors (Lipinski definition) is 2. The lowest BCUT2D eigenvalue weighted by molar-refractivity contribution is 1.26. The number of anilines is 1. The van der Waals surface area contributed by atoms with Crippen LogP contribution in [0, 0.1) is 11.6 Å². The summed E-state index contributed by atoms with van der Waals surface area (Å²) in [4.78, 5) is 2.83. The number of nitrogen functional groups attached to an aromatic ring is 1. The summed E-state index contributed by atoms with van der Waals surface area (Å²) in [6.07, 6.45) is 0. The van der Waals surface area contributed by atoms with Gasteiger partial charge in [-0.1, -0.05) is 32.1 Å². The average Bonchev–Trinajstić information content (AvgIpc) is 2.02. The molecule has 0 amide bonds. The topological polar surface area (TPSA) is 41.8 Å². The number of pyridine rings is 1. The molecular formula is C8H14N2S. The van der Waals surface area contributed by atoms with E-state index < -0.39 is 0 Å². The lowest BCUT2D eigenvalue weighted by Gasteiger charge is -1.95. The Labute approximate surface area is 72.5 Å². The van der Waals surface area contributed by atoms with E-state index in [2.05, 4.69) is 4.98 Å². The molecule has 0 aromatic carbocycles. The van der Waals surface area contributed by atoms with Crippen LogP contribution in [0.4, 0.5) is 5.82 Å². The largest absolute Gasteiger partial charge is 0.385 e. The van der Waals surface area contributed by atoms with E-state index in [4.69, 9.17) is 18.0 Å². The molecule has 0 aliphatic heterocycles. The van der Waals surface area contributed by atoms with Crippen LogP contribution in [-0.2, 0) is 0 Å². The molecule has 0 fully saturated rings. The van der Waals surface area contributed by atoms with Crippen molar-refractivity contribution in [1.29, 1.82) is 0 Å². The Morgan fingerprint density at radius 1 is 1.36 bits per heavy atom. The minimum absolute atomic E-state index is 0.655. The van der Waals surface area contributed by atoms with Gasteiger partial charge in [0.2, 0.25) is 0 Å². The first kappa shape index (κ1) is 10.2. The third-order valence-electron chi connectivity index (χ3n) is 1.17. The van der Waals surface area contributed by atoms with Crippen molar-refractivity contribution in [3.05, 3.63) is 22.3 Å². The van der Waals surface area contributed by atoms with Gasteiger partial charge in [-0.2, -0.15) is 0 Å². The summed E-state index contributed by atoms with van der Waals surface area (Å²) in [5, 5.41) is 0. The summed E-state index contributed by atoms with van der Waals surface area (Å²) >= 11 is 4.82. The zero-order chi connectivity index (χ0) is 8.85. The fourth-order valence-corrected chi connectivity index (χ4v) is 0.741. The highest BCUT2D eigenvalue weighted by molar-refractivity contribution is 7.71. The first-order valence-electron chi connectivity index (χ1n) is 3.65. The Morgan fingerprint density at radius 3 is 2.27 bits per heavy atom. The fourth-order valence-electron chi connectivity index (χ4n) is 0.563. The van der Waals surface area contributed by atoms with Crippen molar-refractivity contribution in [3.63, 3.8) is 0 Å². The van der Waals surface area contributed by atoms with Crippen molar-refractivity contribution < 1.29 is 0 Å². The molecule has 0 aliphatic rings. The quantitative estimate of drug-likeness (QED) is 0.588. The number of H-pyrrole nitrogens is 1. The Morgan fingerprint density at radius 2 is 1.91 bits per heavy atom. The summed E-state index contributed by atoms with van der Waals surface area (Å²) in [6.45, 7) is 5.93. The smallest absolute Gasteiger partial charge is 0.104 e. The van der Waals surface area contributed by atoms with Gasteiger partial charge in [-0.05, 0) is 18.6 Å². The molecule has 1 aromatic rings. The van der Waals surface area contributed by atoms with Crippen LogP contribution in [0.3, 0.4) is 0 Å². The highest BCUT2D eigenvalue weighted by Gasteiger charge is 1.87. The molecule has 0 saturated heterocycles. The van der Waals surface area contributed by atoms with Crippen molar-refractivity contribution in [3.8, 4) is 0 Å². The normalized spacial score (nSPS) is 8.27. The molecule has 0 bridgehead atoms. The van der Waals surface area contributed by atoms with Crippen LogP contribution in [0.2, 0.25) is 0 Å². The SMILES string of the molecule is CC.Cc1ccc(=S)[nH]c1N. The third-order valence-corrected chi connectivity index (χ3v) is 1.41. The molecular weight excluding hydrogens is 156 g/mol. The van der Waals surface area contributed by atoms with Gasteiger partial charge < -0.3 is 10.7 Å². The van der Waals surface area contributed by atoms with Crippen molar-refractivity contribution in [2.75, 3.05) is 5.73 Å². The van der Waals surface area contributed by atoms with Gasteiger partial charge in [0.1, 0.15) is 10.5 Å². The predicted octanol–water partition coefficient (Wildman–Crippen LogP) is 2.66. The minimum atomic E-state index is 0.655. The molecule has 62 valence electrons. The molecule has 1 rings (SSSR count). The molecule has 11 heavy (non-hydrogen) atoms. The first-order chi connectivity index (χ1) is 5.20. The summed E-state index contributed by atoms with van der Waals surface area (Å²) in [6, 6.07) is 3.72. The van der Waals surface area contributed by atoms with Gasteiger partial charge in [-0.3, -0.25) is 0 Å². The highest BCUT2D eigenvalue weighted by atomic mass is 32.1.